The summed E-state index contributed by atoms with van der Waals surface area (Å²) in [6.07, 6.45) is 1.17. The minimum absolute atomic E-state index is 0. The average Bonchev–Trinajstić information content (AvgIpc) is 2.79. The number of carbonyl (C=O) groups excluding carboxylic acids is 1. The third kappa shape index (κ3) is 7.02. The van der Waals surface area contributed by atoms with Crippen molar-refractivity contribution in [2.45, 2.75) is 31.4 Å². The highest BCUT2D eigenvalue weighted by Gasteiger charge is 2.28. The number of rotatable bonds is 6. The van der Waals surface area contributed by atoms with Gasteiger partial charge in [0.1, 0.15) is 0 Å². The van der Waals surface area contributed by atoms with Gasteiger partial charge < -0.3 is 19.9 Å². The van der Waals surface area contributed by atoms with Crippen molar-refractivity contribution in [3.05, 3.63) is 35.9 Å². The number of carbonyl (C=O) groups is 1. The van der Waals surface area contributed by atoms with E-state index in [1.165, 1.54) is 6.42 Å². The van der Waals surface area contributed by atoms with Crippen molar-refractivity contribution in [1.29, 1.82) is 0 Å². The largest absolute Gasteiger partial charge is 0.378 e. The summed E-state index contributed by atoms with van der Waals surface area (Å²) in [5, 5.41) is 4.09. The number of aliphatic imine (C=N–C) groups is 1. The maximum absolute atomic E-state index is 13.3. The molecule has 0 spiro atoms. The SMILES string of the molecule is CCNC(=NCC(C(=O)N1CCOCC1)c1ccccc1)N1CCSC(CC)C1.I. The Morgan fingerprint density at radius 2 is 1.93 bits per heavy atom. The Morgan fingerprint density at radius 3 is 2.60 bits per heavy atom. The fraction of sp³-hybridized carbons (Fsp3) is 0.636. The van der Waals surface area contributed by atoms with E-state index < -0.39 is 0 Å². The zero-order valence-electron chi connectivity index (χ0n) is 18.1. The topological polar surface area (TPSA) is 57.2 Å². The number of halogens is 1. The van der Waals surface area contributed by atoms with Crippen molar-refractivity contribution in [1.82, 2.24) is 15.1 Å². The van der Waals surface area contributed by atoms with Crippen molar-refractivity contribution in [2.75, 3.05) is 58.2 Å². The average molecular weight is 547 g/mol. The van der Waals surface area contributed by atoms with Gasteiger partial charge >= 0.3 is 0 Å². The van der Waals surface area contributed by atoms with Gasteiger partial charge in [0.2, 0.25) is 5.91 Å². The number of amides is 1. The Bertz CT molecular complexity index is 670. The molecular formula is C22H35IN4O2S. The zero-order valence-corrected chi connectivity index (χ0v) is 21.2. The summed E-state index contributed by atoms with van der Waals surface area (Å²) in [6.45, 7) is 10.2. The molecule has 0 aliphatic carbocycles. The predicted octanol–water partition coefficient (Wildman–Crippen LogP) is 3.04. The standard InChI is InChI=1S/C22H34N4O2S.HI/c1-3-19-17-26(12-15-29-19)22(23-4-2)24-16-20(18-8-6-5-7-9-18)21(27)25-10-13-28-14-11-25;/h5-9,19-20H,3-4,10-17H2,1-2H3,(H,23,24);1H. The summed E-state index contributed by atoms with van der Waals surface area (Å²) in [5.41, 5.74) is 1.03. The second-order valence-corrected chi connectivity index (χ2v) is 8.85. The summed E-state index contributed by atoms with van der Waals surface area (Å²) < 4.78 is 5.43. The highest BCUT2D eigenvalue weighted by Crippen LogP contribution is 2.23. The highest BCUT2D eigenvalue weighted by atomic mass is 127. The van der Waals surface area contributed by atoms with Gasteiger partial charge in [0.05, 0.1) is 25.7 Å². The first kappa shape index (κ1) is 25.3. The predicted molar refractivity (Wildman–Crippen MR) is 136 cm³/mol. The van der Waals surface area contributed by atoms with Gasteiger partial charge in [-0.15, -0.1) is 24.0 Å². The lowest BCUT2D eigenvalue weighted by Crippen LogP contribution is -2.48. The van der Waals surface area contributed by atoms with Gasteiger partial charge in [-0.2, -0.15) is 11.8 Å². The van der Waals surface area contributed by atoms with Crippen molar-refractivity contribution >= 4 is 47.6 Å². The molecule has 8 heteroatoms. The van der Waals surface area contributed by atoms with Crippen molar-refractivity contribution in [3.8, 4) is 0 Å². The number of hydrogen-bond acceptors (Lipinski definition) is 4. The smallest absolute Gasteiger partial charge is 0.232 e. The van der Waals surface area contributed by atoms with Crippen LogP contribution in [0.1, 0.15) is 31.7 Å². The van der Waals surface area contributed by atoms with Crippen LogP contribution in [0, 0.1) is 0 Å². The molecular weight excluding hydrogens is 511 g/mol. The molecule has 0 saturated carbocycles. The van der Waals surface area contributed by atoms with Gasteiger partial charge in [-0.3, -0.25) is 9.79 Å². The Hall–Kier alpha value is -1.000. The Morgan fingerprint density at radius 1 is 1.20 bits per heavy atom. The molecule has 2 saturated heterocycles. The van der Waals surface area contributed by atoms with Crippen LogP contribution < -0.4 is 5.32 Å². The van der Waals surface area contributed by atoms with Crippen LogP contribution in [0.25, 0.3) is 0 Å². The van der Waals surface area contributed by atoms with Gasteiger partial charge in [0, 0.05) is 43.7 Å². The second-order valence-electron chi connectivity index (χ2n) is 7.44. The summed E-state index contributed by atoms with van der Waals surface area (Å²) in [5.74, 6) is 1.95. The van der Waals surface area contributed by atoms with Crippen LogP contribution >= 0.6 is 35.7 Å². The quantitative estimate of drug-likeness (QED) is 0.338. The summed E-state index contributed by atoms with van der Waals surface area (Å²) in [6, 6.07) is 10.1. The molecule has 168 valence electrons. The van der Waals surface area contributed by atoms with E-state index in [4.69, 9.17) is 9.73 Å². The lowest BCUT2D eigenvalue weighted by atomic mass is 9.97. The first-order valence-electron chi connectivity index (χ1n) is 10.8. The maximum Gasteiger partial charge on any atom is 0.232 e. The number of benzene rings is 1. The number of guanidine groups is 1. The molecule has 30 heavy (non-hydrogen) atoms. The lowest BCUT2D eigenvalue weighted by Gasteiger charge is -2.35. The van der Waals surface area contributed by atoms with Crippen LogP contribution in [0.4, 0.5) is 0 Å². The molecule has 2 fully saturated rings. The number of nitrogens with zero attached hydrogens (tertiary/aromatic N) is 3. The summed E-state index contributed by atoms with van der Waals surface area (Å²) in [7, 11) is 0. The molecule has 2 atom stereocenters. The van der Waals surface area contributed by atoms with E-state index in [-0.39, 0.29) is 35.8 Å². The lowest BCUT2D eigenvalue weighted by molar-refractivity contribution is -0.136. The molecule has 0 radical (unpaired) electrons. The first-order chi connectivity index (χ1) is 14.2. The van der Waals surface area contributed by atoms with Crippen LogP contribution in [0.2, 0.25) is 0 Å². The summed E-state index contributed by atoms with van der Waals surface area (Å²) in [4.78, 5) is 22.5. The van der Waals surface area contributed by atoms with Gasteiger partial charge in [-0.25, -0.2) is 0 Å². The summed E-state index contributed by atoms with van der Waals surface area (Å²) >= 11 is 2.05. The van der Waals surface area contributed by atoms with E-state index in [9.17, 15) is 4.79 Å². The number of morpholine rings is 1. The van der Waals surface area contributed by atoms with Gasteiger partial charge in [-0.1, -0.05) is 37.3 Å². The number of thioether (sulfide) groups is 1. The van der Waals surface area contributed by atoms with Gasteiger partial charge in [-0.05, 0) is 18.9 Å². The molecule has 1 aromatic rings. The van der Waals surface area contributed by atoms with Crippen molar-refractivity contribution < 1.29 is 9.53 Å². The third-order valence-electron chi connectivity index (χ3n) is 5.47. The monoisotopic (exact) mass is 546 g/mol. The van der Waals surface area contributed by atoms with E-state index in [0.717, 1.165) is 36.9 Å². The van der Waals surface area contributed by atoms with Crippen molar-refractivity contribution in [2.24, 2.45) is 4.99 Å². The van der Waals surface area contributed by atoms with E-state index in [1.54, 1.807) is 0 Å². The molecule has 1 amide bonds. The molecule has 2 aliphatic heterocycles. The molecule has 0 aromatic heterocycles. The molecule has 2 aliphatic rings. The minimum Gasteiger partial charge on any atom is -0.378 e. The molecule has 0 bridgehead atoms. The van der Waals surface area contributed by atoms with E-state index in [2.05, 4.69) is 35.8 Å². The molecule has 6 nitrogen and oxygen atoms in total. The van der Waals surface area contributed by atoms with E-state index >= 15 is 0 Å². The van der Waals surface area contributed by atoms with Crippen LogP contribution in [0.15, 0.2) is 35.3 Å². The normalized spacial score (nSPS) is 21.0. The first-order valence-corrected chi connectivity index (χ1v) is 11.8. The van der Waals surface area contributed by atoms with Gasteiger partial charge in [0.15, 0.2) is 5.96 Å². The van der Waals surface area contributed by atoms with Crippen LogP contribution in [-0.4, -0.2) is 85.2 Å². The fourth-order valence-electron chi connectivity index (χ4n) is 3.78. The van der Waals surface area contributed by atoms with E-state index in [1.807, 2.05) is 35.2 Å². The molecule has 2 heterocycles. The molecule has 3 rings (SSSR count). The maximum atomic E-state index is 13.3. The Labute approximate surface area is 202 Å². The molecule has 1 aromatic carbocycles. The van der Waals surface area contributed by atoms with Crippen molar-refractivity contribution in [3.63, 3.8) is 0 Å². The van der Waals surface area contributed by atoms with Gasteiger partial charge in [0.25, 0.3) is 0 Å². The minimum atomic E-state index is -0.260. The number of ether oxygens (including phenoxy) is 1. The third-order valence-corrected chi connectivity index (χ3v) is 6.85. The Kier molecular flexibility index (Phi) is 11.3. The van der Waals surface area contributed by atoms with Crippen LogP contribution in [-0.2, 0) is 9.53 Å². The zero-order chi connectivity index (χ0) is 20.5. The number of hydrogen-bond donors (Lipinski definition) is 1. The highest BCUT2D eigenvalue weighted by molar-refractivity contribution is 14.0. The molecule has 2 unspecified atom stereocenters. The van der Waals surface area contributed by atoms with Crippen LogP contribution in [0.5, 0.6) is 0 Å². The molecule has 1 N–H and O–H groups in total. The fourth-order valence-corrected chi connectivity index (χ4v) is 4.96. The second kappa shape index (κ2) is 13.4. The van der Waals surface area contributed by atoms with E-state index in [0.29, 0.717) is 38.1 Å². The van der Waals surface area contributed by atoms with Crippen LogP contribution in [0.3, 0.4) is 0 Å². The number of nitrogens with one attached hydrogen (secondary N) is 1. The Balaban J connectivity index is 0.00000320.